The topological polar surface area (TPSA) is 29.1 Å². The van der Waals surface area contributed by atoms with Crippen molar-refractivity contribution >= 4 is 60.5 Å². The van der Waals surface area contributed by atoms with Gasteiger partial charge in [0.15, 0.2) is 0 Å². The zero-order valence-corrected chi connectivity index (χ0v) is 13.7. The Hall–Kier alpha value is -1.43. The molecule has 2 nitrogen and oxygen atoms in total. The third kappa shape index (κ3) is 2.95. The Morgan fingerprint density at radius 1 is 1.24 bits per heavy atom. The minimum atomic E-state index is -0.466. The molecule has 0 aliphatic rings. The largest absolute Gasteiger partial charge is 0.319 e. The number of carbonyl (C=O) groups excluding carboxylic acids is 1. The number of rotatable bonds is 2. The summed E-state index contributed by atoms with van der Waals surface area (Å²) >= 11 is 10.6. The summed E-state index contributed by atoms with van der Waals surface area (Å²) in [5.74, 6) is -0.739. The maximum Gasteiger partial charge on any atom is 0.265 e. The van der Waals surface area contributed by atoms with E-state index < -0.39 is 5.82 Å². The van der Waals surface area contributed by atoms with Gasteiger partial charge in [0.05, 0.1) is 15.6 Å². The van der Waals surface area contributed by atoms with E-state index in [1.54, 1.807) is 0 Å². The molecule has 1 amide bonds. The van der Waals surface area contributed by atoms with Crippen LogP contribution in [0.3, 0.4) is 0 Å². The molecule has 0 fully saturated rings. The van der Waals surface area contributed by atoms with Crippen molar-refractivity contribution in [3.63, 3.8) is 0 Å². The molecule has 0 unspecified atom stereocenters. The average Bonchev–Trinajstić information content (AvgIpc) is 2.86. The molecule has 0 aliphatic carbocycles. The lowest BCUT2D eigenvalue weighted by atomic mass is 10.2. The van der Waals surface area contributed by atoms with Crippen LogP contribution in [0.5, 0.6) is 0 Å². The lowest BCUT2D eigenvalue weighted by molar-refractivity contribution is 0.103. The molecule has 0 saturated carbocycles. The van der Waals surface area contributed by atoms with Crippen molar-refractivity contribution < 1.29 is 9.18 Å². The number of fused-ring (bicyclic) bond motifs is 1. The van der Waals surface area contributed by atoms with E-state index in [2.05, 4.69) is 21.2 Å². The van der Waals surface area contributed by atoms with Crippen molar-refractivity contribution in [2.24, 2.45) is 0 Å². The first kappa shape index (κ1) is 14.5. The zero-order valence-electron chi connectivity index (χ0n) is 10.5. The van der Waals surface area contributed by atoms with E-state index in [1.165, 1.54) is 17.4 Å². The van der Waals surface area contributed by atoms with Gasteiger partial charge in [-0.25, -0.2) is 4.39 Å². The highest BCUT2D eigenvalue weighted by molar-refractivity contribution is 9.10. The molecule has 1 heterocycles. The van der Waals surface area contributed by atoms with Crippen LogP contribution in [0.2, 0.25) is 5.02 Å². The van der Waals surface area contributed by atoms with Gasteiger partial charge >= 0.3 is 0 Å². The average molecular weight is 385 g/mol. The van der Waals surface area contributed by atoms with Crippen molar-refractivity contribution in [1.82, 2.24) is 0 Å². The molecule has 1 N–H and O–H groups in total. The van der Waals surface area contributed by atoms with Crippen molar-refractivity contribution in [2.75, 3.05) is 5.32 Å². The van der Waals surface area contributed by atoms with Crippen molar-refractivity contribution in [3.05, 3.63) is 62.7 Å². The summed E-state index contributed by atoms with van der Waals surface area (Å²) in [6.45, 7) is 0. The number of nitrogens with one attached hydrogen (secondary N) is 1. The molecular formula is C15H8BrClFNOS. The van der Waals surface area contributed by atoms with E-state index in [9.17, 15) is 9.18 Å². The van der Waals surface area contributed by atoms with Gasteiger partial charge in [-0.05, 0) is 45.6 Å². The van der Waals surface area contributed by atoms with E-state index in [0.29, 0.717) is 15.0 Å². The highest BCUT2D eigenvalue weighted by Crippen LogP contribution is 2.33. The van der Waals surface area contributed by atoms with Crippen LogP contribution in [-0.2, 0) is 0 Å². The van der Waals surface area contributed by atoms with Crippen molar-refractivity contribution in [1.29, 1.82) is 0 Å². The maximum atomic E-state index is 13.2. The Kier molecular flexibility index (Phi) is 3.97. The first-order chi connectivity index (χ1) is 10.0. The Morgan fingerprint density at radius 2 is 2.00 bits per heavy atom. The van der Waals surface area contributed by atoms with E-state index >= 15 is 0 Å². The fourth-order valence-electron chi connectivity index (χ4n) is 1.93. The number of benzene rings is 2. The number of thiophene rings is 1. The van der Waals surface area contributed by atoms with Crippen LogP contribution < -0.4 is 5.32 Å². The minimum absolute atomic E-state index is 0.149. The van der Waals surface area contributed by atoms with Gasteiger partial charge in [-0.1, -0.05) is 29.8 Å². The summed E-state index contributed by atoms with van der Waals surface area (Å²) in [5, 5.41) is 3.87. The first-order valence-electron chi connectivity index (χ1n) is 5.99. The highest BCUT2D eigenvalue weighted by atomic mass is 79.9. The molecule has 2 aromatic carbocycles. The lowest BCUT2D eigenvalue weighted by Gasteiger charge is -2.08. The molecule has 21 heavy (non-hydrogen) atoms. The van der Waals surface area contributed by atoms with Crippen LogP contribution in [0.25, 0.3) is 10.1 Å². The number of amides is 1. The number of halogens is 3. The number of anilines is 1. The summed E-state index contributed by atoms with van der Waals surface area (Å²) in [6, 6.07) is 12.0. The number of hydrogen-bond acceptors (Lipinski definition) is 2. The van der Waals surface area contributed by atoms with Gasteiger partial charge in [0.25, 0.3) is 5.91 Å². The predicted molar refractivity (Wildman–Crippen MR) is 88.9 cm³/mol. The van der Waals surface area contributed by atoms with Gasteiger partial charge < -0.3 is 5.32 Å². The first-order valence-corrected chi connectivity index (χ1v) is 7.98. The molecule has 0 bridgehead atoms. The van der Waals surface area contributed by atoms with E-state index in [-0.39, 0.29) is 10.9 Å². The molecule has 3 aromatic rings. The van der Waals surface area contributed by atoms with Gasteiger partial charge in [-0.15, -0.1) is 11.3 Å². The zero-order chi connectivity index (χ0) is 15.0. The van der Waals surface area contributed by atoms with Gasteiger partial charge in [-0.2, -0.15) is 0 Å². The summed E-state index contributed by atoms with van der Waals surface area (Å²) in [4.78, 5) is 12.9. The molecule has 6 heteroatoms. The fraction of sp³-hybridized carbons (Fsp3) is 0. The van der Waals surface area contributed by atoms with Crippen LogP contribution >= 0.6 is 38.9 Å². The maximum absolute atomic E-state index is 13.2. The Morgan fingerprint density at radius 3 is 2.71 bits per heavy atom. The van der Waals surface area contributed by atoms with E-state index in [0.717, 1.165) is 16.2 Å². The number of carbonyl (C=O) groups is 1. The molecule has 1 aromatic heterocycles. The molecule has 0 atom stereocenters. The highest BCUT2D eigenvalue weighted by Gasteiger charge is 2.15. The van der Waals surface area contributed by atoms with E-state index in [1.807, 2.05) is 30.3 Å². The van der Waals surface area contributed by atoms with Crippen molar-refractivity contribution in [3.8, 4) is 0 Å². The summed E-state index contributed by atoms with van der Waals surface area (Å²) in [7, 11) is 0. The normalized spacial score (nSPS) is 10.8. The monoisotopic (exact) mass is 383 g/mol. The third-order valence-electron chi connectivity index (χ3n) is 2.89. The Labute approximate surface area is 137 Å². The summed E-state index contributed by atoms with van der Waals surface area (Å²) in [5.41, 5.74) is 0.362. The fourth-order valence-corrected chi connectivity index (χ4v) is 3.79. The second-order valence-electron chi connectivity index (χ2n) is 4.35. The van der Waals surface area contributed by atoms with Gasteiger partial charge in [0.1, 0.15) is 5.82 Å². The standard InChI is InChI=1S/C15H8BrClFNOS/c16-10-6-9(18)7-11(17)14(10)19-15(20)13-5-8-3-1-2-4-12(8)21-13/h1-7H,(H,19,20). The summed E-state index contributed by atoms with van der Waals surface area (Å²) < 4.78 is 14.6. The lowest BCUT2D eigenvalue weighted by Crippen LogP contribution is -2.11. The molecular weight excluding hydrogens is 377 g/mol. The SMILES string of the molecule is O=C(Nc1c(Cl)cc(F)cc1Br)c1cc2ccccc2s1. The Bertz CT molecular complexity index is 793. The smallest absolute Gasteiger partial charge is 0.265 e. The second kappa shape index (κ2) is 5.75. The molecule has 0 radical (unpaired) electrons. The summed E-state index contributed by atoms with van der Waals surface area (Å²) in [6.07, 6.45) is 0. The molecule has 0 saturated heterocycles. The van der Waals surface area contributed by atoms with Gasteiger partial charge in [-0.3, -0.25) is 4.79 Å². The number of hydrogen-bond donors (Lipinski definition) is 1. The molecule has 0 spiro atoms. The predicted octanol–water partition coefficient (Wildman–Crippen LogP) is 5.71. The minimum Gasteiger partial charge on any atom is -0.319 e. The van der Waals surface area contributed by atoms with Gasteiger partial charge in [0, 0.05) is 9.17 Å². The molecule has 3 rings (SSSR count). The third-order valence-corrected chi connectivity index (χ3v) is 4.93. The van der Waals surface area contributed by atoms with E-state index in [4.69, 9.17) is 11.6 Å². The van der Waals surface area contributed by atoms with Crippen LogP contribution in [0.1, 0.15) is 9.67 Å². The van der Waals surface area contributed by atoms with Crippen molar-refractivity contribution in [2.45, 2.75) is 0 Å². The molecule has 0 aliphatic heterocycles. The van der Waals surface area contributed by atoms with Crippen LogP contribution in [0.4, 0.5) is 10.1 Å². The quantitative estimate of drug-likeness (QED) is 0.602. The van der Waals surface area contributed by atoms with Crippen LogP contribution in [0.15, 0.2) is 46.9 Å². The van der Waals surface area contributed by atoms with Crippen LogP contribution in [0, 0.1) is 5.82 Å². The molecule has 106 valence electrons. The Balaban J connectivity index is 1.93. The second-order valence-corrected chi connectivity index (χ2v) is 6.69. The van der Waals surface area contributed by atoms with Crippen LogP contribution in [-0.4, -0.2) is 5.91 Å². The van der Waals surface area contributed by atoms with Gasteiger partial charge in [0.2, 0.25) is 0 Å².